The lowest BCUT2D eigenvalue weighted by Gasteiger charge is -2.14. The van der Waals surface area contributed by atoms with E-state index in [1.54, 1.807) is 0 Å². The third-order valence-electron chi connectivity index (χ3n) is 3.39. The van der Waals surface area contributed by atoms with E-state index in [2.05, 4.69) is 55.5 Å². The highest BCUT2D eigenvalue weighted by Gasteiger charge is 2.08. The van der Waals surface area contributed by atoms with Gasteiger partial charge in [0.15, 0.2) is 0 Å². The predicted molar refractivity (Wildman–Crippen MR) is 85.4 cm³/mol. The average molecular weight is 287 g/mol. The fraction of sp³-hybridized carbons (Fsp3) is 0.471. The summed E-state index contributed by atoms with van der Waals surface area (Å²) < 4.78 is 7.87. The number of nitrogens with zero attached hydrogens (tertiary/aromatic N) is 2. The molecule has 0 fully saturated rings. The second kappa shape index (κ2) is 6.76. The Bertz CT molecular complexity index is 602. The van der Waals surface area contributed by atoms with Crippen LogP contribution in [0.2, 0.25) is 0 Å². The molecule has 0 saturated heterocycles. The van der Waals surface area contributed by atoms with E-state index in [1.165, 1.54) is 11.1 Å². The standard InChI is InChI=1S/C17H25N3O/c1-12(2)18-10-15-8-13(3)6-7-17(15)21-11-16-9-14(4)19-20(16)5/h6-9,12,18H,10-11H2,1-5H3. The molecule has 4 heteroatoms. The molecule has 1 aromatic heterocycles. The molecular formula is C17H25N3O. The lowest BCUT2D eigenvalue weighted by Crippen LogP contribution is -2.22. The van der Waals surface area contributed by atoms with E-state index in [-0.39, 0.29) is 0 Å². The summed E-state index contributed by atoms with van der Waals surface area (Å²) >= 11 is 0. The highest BCUT2D eigenvalue weighted by atomic mass is 16.5. The maximum absolute atomic E-state index is 6.00. The van der Waals surface area contributed by atoms with Crippen molar-refractivity contribution in [3.63, 3.8) is 0 Å². The maximum Gasteiger partial charge on any atom is 0.130 e. The molecule has 0 bridgehead atoms. The van der Waals surface area contributed by atoms with Crippen LogP contribution in [0.25, 0.3) is 0 Å². The number of rotatable bonds is 6. The van der Waals surface area contributed by atoms with Crippen molar-refractivity contribution in [3.8, 4) is 5.75 Å². The third-order valence-corrected chi connectivity index (χ3v) is 3.39. The van der Waals surface area contributed by atoms with Crippen molar-refractivity contribution in [1.82, 2.24) is 15.1 Å². The van der Waals surface area contributed by atoms with E-state index in [9.17, 15) is 0 Å². The highest BCUT2D eigenvalue weighted by molar-refractivity contribution is 5.37. The van der Waals surface area contributed by atoms with Gasteiger partial charge in [-0.15, -0.1) is 0 Å². The van der Waals surface area contributed by atoms with E-state index >= 15 is 0 Å². The molecule has 0 aliphatic carbocycles. The SMILES string of the molecule is Cc1ccc(OCc2cc(C)nn2C)c(CNC(C)C)c1. The Hall–Kier alpha value is -1.81. The maximum atomic E-state index is 6.00. The van der Waals surface area contributed by atoms with Gasteiger partial charge in [0.2, 0.25) is 0 Å². The summed E-state index contributed by atoms with van der Waals surface area (Å²) in [5.41, 5.74) is 4.54. The Morgan fingerprint density at radius 2 is 2.00 bits per heavy atom. The molecule has 0 aliphatic heterocycles. The van der Waals surface area contributed by atoms with Crippen LogP contribution in [-0.2, 0) is 20.2 Å². The minimum Gasteiger partial charge on any atom is -0.487 e. The van der Waals surface area contributed by atoms with Gasteiger partial charge in [0.25, 0.3) is 0 Å². The summed E-state index contributed by atoms with van der Waals surface area (Å²) in [4.78, 5) is 0. The van der Waals surface area contributed by atoms with Crippen molar-refractivity contribution >= 4 is 0 Å². The molecule has 2 rings (SSSR count). The van der Waals surface area contributed by atoms with Crippen LogP contribution in [0.3, 0.4) is 0 Å². The summed E-state index contributed by atoms with van der Waals surface area (Å²) in [7, 11) is 1.95. The van der Waals surface area contributed by atoms with E-state index in [4.69, 9.17) is 4.74 Å². The van der Waals surface area contributed by atoms with Gasteiger partial charge in [0.1, 0.15) is 12.4 Å². The first kappa shape index (κ1) is 15.6. The van der Waals surface area contributed by atoms with Crippen LogP contribution in [0, 0.1) is 13.8 Å². The molecule has 0 unspecified atom stereocenters. The summed E-state index contributed by atoms with van der Waals surface area (Å²) in [6.07, 6.45) is 0. The predicted octanol–water partition coefficient (Wildman–Crippen LogP) is 3.11. The molecule has 2 aromatic rings. The van der Waals surface area contributed by atoms with Crippen molar-refractivity contribution in [2.45, 2.75) is 46.9 Å². The first-order valence-electron chi connectivity index (χ1n) is 7.41. The van der Waals surface area contributed by atoms with E-state index in [0.29, 0.717) is 12.6 Å². The molecule has 0 radical (unpaired) electrons. The zero-order valence-corrected chi connectivity index (χ0v) is 13.6. The molecule has 0 saturated carbocycles. The molecular weight excluding hydrogens is 262 g/mol. The van der Waals surface area contributed by atoms with Crippen LogP contribution in [0.4, 0.5) is 0 Å². The van der Waals surface area contributed by atoms with Gasteiger partial charge in [0.05, 0.1) is 11.4 Å². The zero-order chi connectivity index (χ0) is 15.4. The Kier molecular flexibility index (Phi) is 5.02. The number of ether oxygens (including phenoxy) is 1. The third kappa shape index (κ3) is 4.33. The van der Waals surface area contributed by atoms with Crippen molar-refractivity contribution in [2.75, 3.05) is 0 Å². The number of hydrogen-bond donors (Lipinski definition) is 1. The summed E-state index contributed by atoms with van der Waals surface area (Å²) in [6, 6.07) is 8.83. The minimum atomic E-state index is 0.457. The number of hydrogen-bond acceptors (Lipinski definition) is 3. The fourth-order valence-corrected chi connectivity index (χ4v) is 2.25. The van der Waals surface area contributed by atoms with Crippen molar-refractivity contribution in [1.29, 1.82) is 0 Å². The number of aryl methyl sites for hydroxylation is 3. The van der Waals surface area contributed by atoms with Crippen molar-refractivity contribution in [2.24, 2.45) is 7.05 Å². The summed E-state index contributed by atoms with van der Waals surface area (Å²) in [6.45, 7) is 9.75. The quantitative estimate of drug-likeness (QED) is 0.887. The molecule has 21 heavy (non-hydrogen) atoms. The van der Waals surface area contributed by atoms with Crippen LogP contribution in [-0.4, -0.2) is 15.8 Å². The van der Waals surface area contributed by atoms with Crippen LogP contribution < -0.4 is 10.1 Å². The summed E-state index contributed by atoms with van der Waals surface area (Å²) in [5, 5.41) is 7.79. The lowest BCUT2D eigenvalue weighted by molar-refractivity contribution is 0.290. The molecule has 0 aliphatic rings. The minimum absolute atomic E-state index is 0.457. The zero-order valence-electron chi connectivity index (χ0n) is 13.6. The first-order chi connectivity index (χ1) is 9.95. The van der Waals surface area contributed by atoms with Gasteiger partial charge in [-0.25, -0.2) is 0 Å². The first-order valence-corrected chi connectivity index (χ1v) is 7.41. The van der Waals surface area contributed by atoms with Crippen molar-refractivity contribution < 1.29 is 4.74 Å². The number of benzene rings is 1. The molecule has 114 valence electrons. The Labute approximate surface area is 127 Å². The van der Waals surface area contributed by atoms with E-state index in [0.717, 1.165) is 23.7 Å². The van der Waals surface area contributed by atoms with Gasteiger partial charge in [0, 0.05) is 25.2 Å². The summed E-state index contributed by atoms with van der Waals surface area (Å²) in [5.74, 6) is 0.938. The lowest BCUT2D eigenvalue weighted by atomic mass is 10.1. The fourth-order valence-electron chi connectivity index (χ4n) is 2.25. The van der Waals surface area contributed by atoms with Crippen molar-refractivity contribution in [3.05, 3.63) is 46.8 Å². The van der Waals surface area contributed by atoms with Crippen LogP contribution in [0.1, 0.15) is 36.4 Å². The van der Waals surface area contributed by atoms with Crippen LogP contribution in [0.15, 0.2) is 24.3 Å². The molecule has 0 spiro atoms. The molecule has 0 amide bonds. The molecule has 1 heterocycles. The number of nitrogens with one attached hydrogen (secondary N) is 1. The topological polar surface area (TPSA) is 39.1 Å². The number of aromatic nitrogens is 2. The second-order valence-electron chi connectivity index (χ2n) is 5.84. The average Bonchev–Trinajstić information content (AvgIpc) is 2.73. The van der Waals surface area contributed by atoms with Crippen LogP contribution >= 0.6 is 0 Å². The molecule has 0 atom stereocenters. The Morgan fingerprint density at radius 3 is 2.62 bits per heavy atom. The highest BCUT2D eigenvalue weighted by Crippen LogP contribution is 2.21. The Morgan fingerprint density at radius 1 is 1.24 bits per heavy atom. The Balaban J connectivity index is 2.09. The normalized spacial score (nSPS) is 11.1. The monoisotopic (exact) mass is 287 g/mol. The molecule has 1 N–H and O–H groups in total. The van der Waals surface area contributed by atoms with E-state index < -0.39 is 0 Å². The van der Waals surface area contributed by atoms with Gasteiger partial charge in [-0.05, 0) is 26.0 Å². The van der Waals surface area contributed by atoms with E-state index in [1.807, 2.05) is 18.7 Å². The van der Waals surface area contributed by atoms with Gasteiger partial charge < -0.3 is 10.1 Å². The van der Waals surface area contributed by atoms with Gasteiger partial charge in [-0.2, -0.15) is 5.10 Å². The molecule has 4 nitrogen and oxygen atoms in total. The largest absolute Gasteiger partial charge is 0.487 e. The van der Waals surface area contributed by atoms with Gasteiger partial charge in [-0.3, -0.25) is 4.68 Å². The second-order valence-corrected chi connectivity index (χ2v) is 5.84. The smallest absolute Gasteiger partial charge is 0.130 e. The van der Waals surface area contributed by atoms with Crippen LogP contribution in [0.5, 0.6) is 5.75 Å². The molecule has 1 aromatic carbocycles. The van der Waals surface area contributed by atoms with Gasteiger partial charge >= 0.3 is 0 Å². The van der Waals surface area contributed by atoms with Gasteiger partial charge in [-0.1, -0.05) is 31.5 Å².